The minimum absolute atomic E-state index is 0.0294. The fraction of sp³-hybridized carbons (Fsp3) is 0.238. The summed E-state index contributed by atoms with van der Waals surface area (Å²) in [6, 6.07) is 5.01. The molecule has 11 heteroatoms. The molecule has 2 N–H and O–H groups in total. The number of thioether (sulfide) groups is 1. The third-order valence-corrected chi connectivity index (χ3v) is 6.67. The number of carbonyl (C=O) groups excluding carboxylic acids is 2. The molecule has 0 spiro atoms. The number of rotatable bonds is 9. The second kappa shape index (κ2) is 10.8. The molecule has 2 heterocycles. The number of nitrogens with one attached hydrogen (secondary N) is 1. The van der Waals surface area contributed by atoms with Crippen molar-refractivity contribution in [3.8, 4) is 11.1 Å². The standard InChI is InChI=1S/C21H18F2N2O4S3/c22-14-6-12(7-15(23)9-14)13-8-16(31-11-13)10-17-20(29)25(21(30)32-17)5-3-18(26)24-4-1-2-19(27)28/h6-11H,1-5H2,(H,24,26)(H,27,28). The average Bonchev–Trinajstić information content (AvgIpc) is 3.28. The predicted molar refractivity (Wildman–Crippen MR) is 124 cm³/mol. The van der Waals surface area contributed by atoms with Gasteiger partial charge in [0.05, 0.1) is 4.91 Å². The topological polar surface area (TPSA) is 86.7 Å². The van der Waals surface area contributed by atoms with Crippen LogP contribution in [0.3, 0.4) is 0 Å². The molecule has 1 saturated heterocycles. The molecule has 1 aliphatic rings. The Morgan fingerprint density at radius 1 is 1.12 bits per heavy atom. The predicted octanol–water partition coefficient (Wildman–Crippen LogP) is 4.27. The highest BCUT2D eigenvalue weighted by Gasteiger charge is 2.32. The number of thiocarbonyl (C=S) groups is 1. The first-order valence-corrected chi connectivity index (χ1v) is 11.6. The van der Waals surface area contributed by atoms with Gasteiger partial charge in [-0.15, -0.1) is 11.3 Å². The Morgan fingerprint density at radius 2 is 1.84 bits per heavy atom. The summed E-state index contributed by atoms with van der Waals surface area (Å²) in [6.45, 7) is 0.365. The minimum Gasteiger partial charge on any atom is -0.481 e. The van der Waals surface area contributed by atoms with Crippen molar-refractivity contribution in [1.82, 2.24) is 10.2 Å². The Kier molecular flexibility index (Phi) is 8.10. The van der Waals surface area contributed by atoms with Crippen LogP contribution in [0.2, 0.25) is 0 Å². The molecule has 1 aromatic carbocycles. The van der Waals surface area contributed by atoms with Crippen LogP contribution in [0.15, 0.2) is 34.6 Å². The van der Waals surface area contributed by atoms with Gasteiger partial charge in [0.15, 0.2) is 0 Å². The second-order valence-corrected chi connectivity index (χ2v) is 9.45. The number of benzene rings is 1. The Balaban J connectivity index is 1.59. The van der Waals surface area contributed by atoms with Crippen LogP contribution < -0.4 is 5.32 Å². The van der Waals surface area contributed by atoms with Gasteiger partial charge in [0.1, 0.15) is 16.0 Å². The van der Waals surface area contributed by atoms with Gasteiger partial charge in [-0.05, 0) is 47.2 Å². The van der Waals surface area contributed by atoms with E-state index in [9.17, 15) is 23.2 Å². The quantitative estimate of drug-likeness (QED) is 0.306. The summed E-state index contributed by atoms with van der Waals surface area (Å²) in [7, 11) is 0. The van der Waals surface area contributed by atoms with Gasteiger partial charge >= 0.3 is 5.97 Å². The molecule has 0 unspecified atom stereocenters. The number of hydrogen-bond acceptors (Lipinski definition) is 6. The van der Waals surface area contributed by atoms with E-state index < -0.39 is 17.6 Å². The van der Waals surface area contributed by atoms with Crippen LogP contribution in [-0.4, -0.2) is 45.2 Å². The molecule has 0 radical (unpaired) electrons. The smallest absolute Gasteiger partial charge is 0.303 e. The van der Waals surface area contributed by atoms with Crippen LogP contribution in [0.5, 0.6) is 0 Å². The van der Waals surface area contributed by atoms with Crippen molar-refractivity contribution < 1.29 is 28.3 Å². The first-order valence-electron chi connectivity index (χ1n) is 9.52. The molecular formula is C21H18F2N2O4S3. The first-order chi connectivity index (χ1) is 15.2. The van der Waals surface area contributed by atoms with Crippen molar-refractivity contribution in [2.75, 3.05) is 13.1 Å². The SMILES string of the molecule is O=C(O)CCCNC(=O)CCN1C(=O)C(=Cc2cc(-c3cc(F)cc(F)c3)cs2)SC1=S. The van der Waals surface area contributed by atoms with E-state index in [0.717, 1.165) is 22.7 Å². The highest BCUT2D eigenvalue weighted by atomic mass is 32.2. The van der Waals surface area contributed by atoms with Gasteiger partial charge in [0.25, 0.3) is 5.91 Å². The Hall–Kier alpha value is -2.63. The maximum absolute atomic E-state index is 13.5. The number of carboxylic acid groups (broad SMARTS) is 1. The van der Waals surface area contributed by atoms with Gasteiger partial charge in [-0.3, -0.25) is 19.3 Å². The third-order valence-electron chi connectivity index (χ3n) is 4.41. The zero-order valence-corrected chi connectivity index (χ0v) is 19.0. The van der Waals surface area contributed by atoms with E-state index in [1.165, 1.54) is 28.4 Å². The first kappa shape index (κ1) is 24.0. The van der Waals surface area contributed by atoms with E-state index in [1.807, 2.05) is 0 Å². The maximum atomic E-state index is 13.5. The maximum Gasteiger partial charge on any atom is 0.303 e. The molecule has 0 aliphatic carbocycles. The molecule has 32 heavy (non-hydrogen) atoms. The molecule has 0 saturated carbocycles. The highest BCUT2D eigenvalue weighted by molar-refractivity contribution is 8.26. The van der Waals surface area contributed by atoms with Crippen LogP contribution in [0.25, 0.3) is 17.2 Å². The monoisotopic (exact) mass is 496 g/mol. The summed E-state index contributed by atoms with van der Waals surface area (Å²) in [6.07, 6.45) is 2.00. The molecule has 2 amide bonds. The Labute approximate surface area is 196 Å². The molecule has 0 atom stereocenters. The molecule has 1 aliphatic heterocycles. The number of aliphatic carboxylic acids is 1. The largest absolute Gasteiger partial charge is 0.481 e. The summed E-state index contributed by atoms with van der Waals surface area (Å²) in [4.78, 5) is 37.5. The number of carbonyl (C=O) groups is 3. The van der Waals surface area contributed by atoms with Crippen LogP contribution in [0.1, 0.15) is 24.1 Å². The molecule has 1 aromatic heterocycles. The van der Waals surface area contributed by atoms with Gasteiger partial charge in [-0.1, -0.05) is 24.0 Å². The summed E-state index contributed by atoms with van der Waals surface area (Å²) in [5.41, 5.74) is 1.04. The van der Waals surface area contributed by atoms with E-state index in [2.05, 4.69) is 5.32 Å². The molecule has 3 rings (SSSR count). The number of halogens is 2. The molecule has 1 fully saturated rings. The van der Waals surface area contributed by atoms with Crippen molar-refractivity contribution in [2.45, 2.75) is 19.3 Å². The van der Waals surface area contributed by atoms with E-state index in [-0.39, 0.29) is 37.7 Å². The van der Waals surface area contributed by atoms with Crippen molar-refractivity contribution in [2.24, 2.45) is 0 Å². The van der Waals surface area contributed by atoms with Crippen LogP contribution in [0.4, 0.5) is 8.78 Å². The van der Waals surface area contributed by atoms with E-state index >= 15 is 0 Å². The lowest BCUT2D eigenvalue weighted by Crippen LogP contribution is -2.33. The summed E-state index contributed by atoms with van der Waals surface area (Å²) in [5, 5.41) is 12.9. The van der Waals surface area contributed by atoms with E-state index in [4.69, 9.17) is 17.3 Å². The lowest BCUT2D eigenvalue weighted by molar-refractivity contribution is -0.137. The highest BCUT2D eigenvalue weighted by Crippen LogP contribution is 2.35. The zero-order chi connectivity index (χ0) is 23.3. The summed E-state index contributed by atoms with van der Waals surface area (Å²) in [5.74, 6) is -2.87. The molecular weight excluding hydrogens is 478 g/mol. The van der Waals surface area contributed by atoms with E-state index in [0.29, 0.717) is 26.8 Å². The van der Waals surface area contributed by atoms with Crippen LogP contribution in [0, 0.1) is 11.6 Å². The molecule has 6 nitrogen and oxygen atoms in total. The number of carboxylic acids is 1. The van der Waals surface area contributed by atoms with Gasteiger partial charge < -0.3 is 10.4 Å². The second-order valence-electron chi connectivity index (χ2n) is 6.83. The molecule has 0 bridgehead atoms. The lowest BCUT2D eigenvalue weighted by Gasteiger charge is -2.14. The van der Waals surface area contributed by atoms with Gasteiger partial charge in [0, 0.05) is 36.9 Å². The summed E-state index contributed by atoms with van der Waals surface area (Å²) >= 11 is 7.70. The number of hydrogen-bond donors (Lipinski definition) is 2. The number of nitrogens with zero attached hydrogens (tertiary/aromatic N) is 1. The van der Waals surface area contributed by atoms with Crippen molar-refractivity contribution in [3.05, 3.63) is 51.1 Å². The lowest BCUT2D eigenvalue weighted by atomic mass is 10.1. The Bertz CT molecular complexity index is 1080. The molecule has 168 valence electrons. The van der Waals surface area contributed by atoms with Gasteiger partial charge in [-0.25, -0.2) is 8.78 Å². The van der Waals surface area contributed by atoms with Crippen molar-refractivity contribution >= 4 is 63.5 Å². The number of thiophene rings is 1. The molecule has 2 aromatic rings. The minimum atomic E-state index is -0.926. The Morgan fingerprint density at radius 3 is 2.53 bits per heavy atom. The summed E-state index contributed by atoms with van der Waals surface area (Å²) < 4.78 is 27.3. The third kappa shape index (κ3) is 6.44. The van der Waals surface area contributed by atoms with Crippen LogP contribution >= 0.6 is 35.3 Å². The fourth-order valence-corrected chi connectivity index (χ4v) is 5.11. The van der Waals surface area contributed by atoms with Crippen molar-refractivity contribution in [3.63, 3.8) is 0 Å². The van der Waals surface area contributed by atoms with Gasteiger partial charge in [0.2, 0.25) is 5.91 Å². The van der Waals surface area contributed by atoms with Crippen molar-refractivity contribution in [1.29, 1.82) is 0 Å². The zero-order valence-electron chi connectivity index (χ0n) is 16.6. The van der Waals surface area contributed by atoms with E-state index in [1.54, 1.807) is 17.5 Å². The average molecular weight is 497 g/mol. The van der Waals surface area contributed by atoms with Crippen LogP contribution in [-0.2, 0) is 14.4 Å². The fourth-order valence-electron chi connectivity index (χ4n) is 2.89. The normalized spacial score (nSPS) is 14.9. The van der Waals surface area contributed by atoms with Gasteiger partial charge in [-0.2, -0.15) is 0 Å². The number of amides is 2.